The maximum atomic E-state index is 12.4. The van der Waals surface area contributed by atoms with Gasteiger partial charge in [0.05, 0.1) is 11.5 Å². The van der Waals surface area contributed by atoms with E-state index >= 15 is 0 Å². The van der Waals surface area contributed by atoms with Crippen molar-refractivity contribution in [3.63, 3.8) is 0 Å². The van der Waals surface area contributed by atoms with Crippen LogP contribution in [0.1, 0.15) is 34.3 Å². The Bertz CT molecular complexity index is 733. The fourth-order valence-corrected chi connectivity index (χ4v) is 2.40. The van der Waals surface area contributed by atoms with Crippen LogP contribution in [0.25, 0.3) is 0 Å². The van der Waals surface area contributed by atoms with E-state index in [2.05, 4.69) is 0 Å². The molecule has 21 heavy (non-hydrogen) atoms. The molecule has 1 atom stereocenters. The first kappa shape index (κ1) is 13.4. The van der Waals surface area contributed by atoms with Crippen LogP contribution in [0.3, 0.4) is 0 Å². The molecule has 1 N–H and O–H groups in total. The van der Waals surface area contributed by atoms with Crippen molar-refractivity contribution in [3.05, 3.63) is 59.2 Å². The van der Waals surface area contributed by atoms with E-state index in [0.717, 1.165) is 5.56 Å². The first-order valence-electron chi connectivity index (χ1n) is 6.72. The Balaban J connectivity index is 2.06. The molecule has 2 aromatic carbocycles. The second kappa shape index (κ2) is 5.05. The molecule has 0 spiro atoms. The number of ether oxygens (including phenoxy) is 1. The lowest BCUT2D eigenvalue weighted by Crippen LogP contribution is -2.09. The number of para-hydroxylation sites is 1. The van der Waals surface area contributed by atoms with E-state index < -0.39 is 11.9 Å². The number of Topliss-reactive ketones (excluding diaryl/α,β-unsaturated/α-hetero) is 1. The van der Waals surface area contributed by atoms with E-state index in [9.17, 15) is 9.59 Å². The zero-order chi connectivity index (χ0) is 15.0. The first-order valence-corrected chi connectivity index (χ1v) is 6.72. The van der Waals surface area contributed by atoms with Crippen LogP contribution in [-0.2, 0) is 11.2 Å². The lowest BCUT2D eigenvalue weighted by atomic mass is 9.96. The van der Waals surface area contributed by atoms with Crippen molar-refractivity contribution in [1.29, 1.82) is 0 Å². The molecule has 3 rings (SSSR count). The third-order valence-electron chi connectivity index (χ3n) is 3.72. The molecule has 4 nitrogen and oxygen atoms in total. The summed E-state index contributed by atoms with van der Waals surface area (Å²) in [5, 5.41) is 9.09. The number of fused-ring (bicyclic) bond motifs is 2. The molecule has 0 amide bonds. The van der Waals surface area contributed by atoms with Crippen LogP contribution in [-0.4, -0.2) is 16.9 Å². The topological polar surface area (TPSA) is 63.6 Å². The Kier molecular flexibility index (Phi) is 3.22. The highest BCUT2D eigenvalue weighted by molar-refractivity contribution is 6.01. The maximum Gasteiger partial charge on any atom is 0.310 e. The van der Waals surface area contributed by atoms with Crippen LogP contribution in [0.2, 0.25) is 0 Å². The van der Waals surface area contributed by atoms with Crippen molar-refractivity contribution in [2.45, 2.75) is 19.3 Å². The number of carbonyl (C=O) groups excluding carboxylic acids is 1. The first-order chi connectivity index (χ1) is 10.1. The molecule has 0 bridgehead atoms. The van der Waals surface area contributed by atoms with Crippen molar-refractivity contribution in [1.82, 2.24) is 0 Å². The van der Waals surface area contributed by atoms with Gasteiger partial charge in [-0.25, -0.2) is 0 Å². The summed E-state index contributed by atoms with van der Waals surface area (Å²) in [5.74, 6) is -0.488. The molecular formula is C17H14O4. The Morgan fingerprint density at radius 2 is 1.95 bits per heavy atom. The van der Waals surface area contributed by atoms with Gasteiger partial charge in [-0.3, -0.25) is 9.59 Å². The van der Waals surface area contributed by atoms with E-state index in [1.165, 1.54) is 0 Å². The highest BCUT2D eigenvalue weighted by Gasteiger charge is 2.23. The van der Waals surface area contributed by atoms with Gasteiger partial charge in [0.25, 0.3) is 0 Å². The summed E-state index contributed by atoms with van der Waals surface area (Å²) in [5.41, 5.74) is 1.88. The smallest absolute Gasteiger partial charge is 0.310 e. The highest BCUT2D eigenvalue weighted by atomic mass is 16.5. The molecule has 0 saturated heterocycles. The van der Waals surface area contributed by atoms with Gasteiger partial charge in [0.1, 0.15) is 11.5 Å². The molecule has 0 radical (unpaired) electrons. The number of hydrogen-bond donors (Lipinski definition) is 1. The number of rotatable bonds is 2. The summed E-state index contributed by atoms with van der Waals surface area (Å²) >= 11 is 0. The van der Waals surface area contributed by atoms with Gasteiger partial charge in [0, 0.05) is 12.0 Å². The molecular weight excluding hydrogens is 268 g/mol. The summed E-state index contributed by atoms with van der Waals surface area (Å²) in [6.45, 7) is 1.60. The average molecular weight is 282 g/mol. The van der Waals surface area contributed by atoms with Crippen LogP contribution < -0.4 is 4.74 Å². The summed E-state index contributed by atoms with van der Waals surface area (Å²) < 4.78 is 5.80. The van der Waals surface area contributed by atoms with Crippen LogP contribution in [0.4, 0.5) is 0 Å². The number of benzene rings is 2. The van der Waals surface area contributed by atoms with Crippen molar-refractivity contribution >= 4 is 11.8 Å². The summed E-state index contributed by atoms with van der Waals surface area (Å²) in [4.78, 5) is 23.5. The highest BCUT2D eigenvalue weighted by Crippen LogP contribution is 2.35. The van der Waals surface area contributed by atoms with E-state index in [1.54, 1.807) is 25.1 Å². The number of carboxylic acids is 1. The van der Waals surface area contributed by atoms with Gasteiger partial charge < -0.3 is 9.84 Å². The summed E-state index contributed by atoms with van der Waals surface area (Å²) in [7, 11) is 0. The van der Waals surface area contributed by atoms with Crippen molar-refractivity contribution in [3.8, 4) is 11.5 Å². The predicted molar refractivity (Wildman–Crippen MR) is 77.0 cm³/mol. The molecule has 1 aliphatic rings. The van der Waals surface area contributed by atoms with Crippen molar-refractivity contribution in [2.24, 2.45) is 0 Å². The fourth-order valence-electron chi connectivity index (χ4n) is 2.40. The molecule has 0 fully saturated rings. The molecule has 4 heteroatoms. The minimum atomic E-state index is -0.916. The summed E-state index contributed by atoms with van der Waals surface area (Å²) in [6.07, 6.45) is 0.258. The fraction of sp³-hybridized carbons (Fsp3) is 0.176. The van der Waals surface area contributed by atoms with Gasteiger partial charge in [-0.15, -0.1) is 0 Å². The van der Waals surface area contributed by atoms with Crippen molar-refractivity contribution < 1.29 is 19.4 Å². The van der Waals surface area contributed by atoms with Gasteiger partial charge in [0.2, 0.25) is 0 Å². The maximum absolute atomic E-state index is 12.4. The second-order valence-electron chi connectivity index (χ2n) is 5.13. The van der Waals surface area contributed by atoms with E-state index in [-0.39, 0.29) is 12.2 Å². The number of aliphatic carboxylic acids is 1. The normalized spacial score (nSPS) is 14.4. The van der Waals surface area contributed by atoms with Gasteiger partial charge in [0.15, 0.2) is 5.78 Å². The standard InChI is InChI=1S/C17H14O4/c1-10(17(19)20)11-6-7-16-13(8-11)14(18)9-12-4-2-3-5-15(12)21-16/h2-8,10H,9H2,1H3,(H,19,20)/t10-/m0/s1. The van der Waals surface area contributed by atoms with Gasteiger partial charge in [-0.1, -0.05) is 24.3 Å². The molecule has 0 aromatic heterocycles. The molecule has 2 aromatic rings. The molecule has 106 valence electrons. The third kappa shape index (κ3) is 2.40. The van der Waals surface area contributed by atoms with Crippen LogP contribution >= 0.6 is 0 Å². The van der Waals surface area contributed by atoms with Gasteiger partial charge in [-0.05, 0) is 30.7 Å². The van der Waals surface area contributed by atoms with E-state index in [1.807, 2.05) is 24.3 Å². The van der Waals surface area contributed by atoms with Crippen molar-refractivity contribution in [2.75, 3.05) is 0 Å². The Morgan fingerprint density at radius 1 is 1.19 bits per heavy atom. The Hall–Kier alpha value is -2.62. The molecule has 0 aliphatic carbocycles. The molecule has 0 unspecified atom stereocenters. The lowest BCUT2D eigenvalue weighted by Gasteiger charge is -2.11. The molecule has 1 heterocycles. The Labute approximate surface area is 122 Å². The predicted octanol–water partition coefficient (Wildman–Crippen LogP) is 3.41. The van der Waals surface area contributed by atoms with E-state index in [0.29, 0.717) is 22.6 Å². The third-order valence-corrected chi connectivity index (χ3v) is 3.72. The SMILES string of the molecule is C[C@H](C(=O)O)c1ccc2c(c1)C(=O)Cc1ccccc1O2. The zero-order valence-corrected chi connectivity index (χ0v) is 11.5. The Morgan fingerprint density at radius 3 is 2.71 bits per heavy atom. The largest absolute Gasteiger partial charge is 0.481 e. The monoisotopic (exact) mass is 282 g/mol. The van der Waals surface area contributed by atoms with Gasteiger partial charge in [-0.2, -0.15) is 0 Å². The van der Waals surface area contributed by atoms with Crippen LogP contribution in [0, 0.1) is 0 Å². The van der Waals surface area contributed by atoms with Crippen LogP contribution in [0.15, 0.2) is 42.5 Å². The van der Waals surface area contributed by atoms with E-state index in [4.69, 9.17) is 9.84 Å². The van der Waals surface area contributed by atoms with Crippen LogP contribution in [0.5, 0.6) is 11.5 Å². The lowest BCUT2D eigenvalue weighted by molar-refractivity contribution is -0.138. The minimum absolute atomic E-state index is 0.0608. The van der Waals surface area contributed by atoms with Gasteiger partial charge >= 0.3 is 5.97 Å². The zero-order valence-electron chi connectivity index (χ0n) is 11.5. The molecule has 0 saturated carbocycles. The quantitative estimate of drug-likeness (QED) is 0.916. The minimum Gasteiger partial charge on any atom is -0.481 e. The number of ketones is 1. The number of carbonyl (C=O) groups is 2. The second-order valence-corrected chi connectivity index (χ2v) is 5.13. The number of hydrogen-bond acceptors (Lipinski definition) is 3. The summed E-state index contributed by atoms with van der Waals surface area (Å²) in [6, 6.07) is 12.4. The molecule has 1 aliphatic heterocycles. The number of carboxylic acid groups (broad SMARTS) is 1. The average Bonchev–Trinajstić information content (AvgIpc) is 2.62.